The normalized spacial score (nSPS) is 19.8. The molecule has 4 rings (SSSR count). The number of carboxylic acid groups (broad SMARTS) is 1. The quantitative estimate of drug-likeness (QED) is 0.470. The first-order valence-corrected chi connectivity index (χ1v) is 12.4. The van der Waals surface area contributed by atoms with E-state index in [4.69, 9.17) is 0 Å². The predicted molar refractivity (Wildman–Crippen MR) is 131 cm³/mol. The van der Waals surface area contributed by atoms with Crippen LogP contribution in [0.3, 0.4) is 0 Å². The molecule has 0 unspecified atom stereocenters. The van der Waals surface area contributed by atoms with Crippen molar-refractivity contribution in [3.8, 4) is 0 Å². The van der Waals surface area contributed by atoms with E-state index < -0.39 is 5.97 Å². The van der Waals surface area contributed by atoms with Gasteiger partial charge in [0.25, 0.3) is 5.91 Å². The van der Waals surface area contributed by atoms with Crippen LogP contribution in [0.1, 0.15) is 97.4 Å². The first-order valence-electron chi connectivity index (χ1n) is 11.6. The van der Waals surface area contributed by atoms with E-state index in [2.05, 4.69) is 38.3 Å². The summed E-state index contributed by atoms with van der Waals surface area (Å²) in [6, 6.07) is 7.99. The molecule has 32 heavy (non-hydrogen) atoms. The van der Waals surface area contributed by atoms with Crippen LogP contribution in [-0.2, 0) is 11.8 Å². The van der Waals surface area contributed by atoms with Gasteiger partial charge in [0.05, 0.1) is 5.56 Å². The number of amides is 1. The topological polar surface area (TPSA) is 78.4 Å². The lowest BCUT2D eigenvalue weighted by molar-refractivity contribution is 0.0696. The number of benzene rings is 1. The Labute approximate surface area is 194 Å². The molecule has 0 spiro atoms. The zero-order chi connectivity index (χ0) is 23.1. The van der Waals surface area contributed by atoms with E-state index in [-0.39, 0.29) is 22.3 Å². The van der Waals surface area contributed by atoms with Crippen LogP contribution in [0.5, 0.6) is 0 Å². The summed E-state index contributed by atoms with van der Waals surface area (Å²) in [5.74, 6) is -1.24. The molecule has 6 heteroatoms. The first-order chi connectivity index (χ1) is 15.1. The molecule has 1 heterocycles. The number of rotatable bonds is 5. The highest BCUT2D eigenvalue weighted by molar-refractivity contribution is 7.17. The van der Waals surface area contributed by atoms with E-state index in [1.165, 1.54) is 43.4 Å². The number of carboxylic acids is 1. The highest BCUT2D eigenvalue weighted by Gasteiger charge is 2.42. The molecule has 0 saturated heterocycles. The van der Waals surface area contributed by atoms with Crippen molar-refractivity contribution in [2.24, 2.45) is 5.41 Å². The van der Waals surface area contributed by atoms with Gasteiger partial charge in [-0.25, -0.2) is 4.79 Å². The van der Waals surface area contributed by atoms with Gasteiger partial charge in [-0.1, -0.05) is 47.0 Å². The molecule has 3 N–H and O–H groups in total. The van der Waals surface area contributed by atoms with Crippen molar-refractivity contribution in [2.45, 2.75) is 84.1 Å². The summed E-state index contributed by atoms with van der Waals surface area (Å²) < 4.78 is 0. The second-order valence-electron chi connectivity index (χ2n) is 10.8. The Balaban J connectivity index is 1.54. The number of nitrogens with one attached hydrogen (secondary N) is 2. The Morgan fingerprint density at radius 1 is 1.03 bits per heavy atom. The summed E-state index contributed by atoms with van der Waals surface area (Å²) >= 11 is 1.42. The molecular weight excluding hydrogens is 420 g/mol. The molecule has 2 aliphatic rings. The van der Waals surface area contributed by atoms with Gasteiger partial charge in [-0.05, 0) is 66.3 Å². The minimum absolute atomic E-state index is 0.0181. The molecule has 1 aromatic carbocycles. The van der Waals surface area contributed by atoms with Gasteiger partial charge in [-0.3, -0.25) is 4.79 Å². The summed E-state index contributed by atoms with van der Waals surface area (Å²) in [6.07, 6.45) is 7.92. The SMILES string of the molecule is CC1(C)Cc2c(sc(NC(=O)c3ccc(NC4CCCCC4)cc3)c2C(=O)O)C(C)(C)C1. The van der Waals surface area contributed by atoms with Gasteiger partial charge in [0, 0.05) is 22.2 Å². The zero-order valence-electron chi connectivity index (χ0n) is 19.5. The maximum atomic E-state index is 13.0. The van der Waals surface area contributed by atoms with E-state index in [0.29, 0.717) is 23.0 Å². The van der Waals surface area contributed by atoms with E-state index in [0.717, 1.165) is 22.5 Å². The molecule has 1 aromatic heterocycles. The third kappa shape index (κ3) is 4.70. The predicted octanol–water partition coefficient (Wildman–Crippen LogP) is 6.69. The van der Waals surface area contributed by atoms with Gasteiger partial charge >= 0.3 is 5.97 Å². The monoisotopic (exact) mass is 454 g/mol. The summed E-state index contributed by atoms with van der Waals surface area (Å²) in [4.78, 5) is 26.2. The molecule has 172 valence electrons. The molecule has 0 aliphatic heterocycles. The number of carbonyl (C=O) groups excluding carboxylic acids is 1. The first kappa shape index (κ1) is 22.8. The minimum atomic E-state index is -0.974. The molecule has 0 radical (unpaired) electrons. The number of carbonyl (C=O) groups is 2. The van der Waals surface area contributed by atoms with E-state index >= 15 is 0 Å². The van der Waals surface area contributed by atoms with Crippen LogP contribution in [0.25, 0.3) is 0 Å². The fourth-order valence-corrected chi connectivity index (χ4v) is 6.99. The number of aromatic carboxylic acids is 1. The molecule has 0 bridgehead atoms. The van der Waals surface area contributed by atoms with Crippen molar-refractivity contribution >= 4 is 33.9 Å². The van der Waals surface area contributed by atoms with E-state index in [1.54, 1.807) is 0 Å². The maximum Gasteiger partial charge on any atom is 0.339 e. The van der Waals surface area contributed by atoms with E-state index in [9.17, 15) is 14.7 Å². The van der Waals surface area contributed by atoms with Crippen molar-refractivity contribution < 1.29 is 14.7 Å². The molecule has 2 aliphatic carbocycles. The Hall–Kier alpha value is -2.34. The lowest BCUT2D eigenvalue weighted by Crippen LogP contribution is -2.34. The van der Waals surface area contributed by atoms with Crippen LogP contribution < -0.4 is 10.6 Å². The summed E-state index contributed by atoms with van der Waals surface area (Å²) in [6.45, 7) is 8.70. The molecule has 1 amide bonds. The number of hydrogen-bond donors (Lipinski definition) is 3. The summed E-state index contributed by atoms with van der Waals surface area (Å²) in [5, 5.41) is 16.9. The number of hydrogen-bond acceptors (Lipinski definition) is 4. The van der Waals surface area contributed by atoms with Crippen LogP contribution in [0.4, 0.5) is 10.7 Å². The zero-order valence-corrected chi connectivity index (χ0v) is 20.3. The average Bonchev–Trinajstić information content (AvgIpc) is 3.06. The number of fused-ring (bicyclic) bond motifs is 1. The van der Waals surface area contributed by atoms with Crippen molar-refractivity contribution in [1.82, 2.24) is 0 Å². The van der Waals surface area contributed by atoms with Crippen molar-refractivity contribution in [1.29, 1.82) is 0 Å². The fourth-order valence-electron chi connectivity index (χ4n) is 5.69. The Kier molecular flexibility index (Phi) is 6.10. The van der Waals surface area contributed by atoms with Gasteiger partial charge in [-0.15, -0.1) is 11.3 Å². The van der Waals surface area contributed by atoms with Gasteiger partial charge in [-0.2, -0.15) is 0 Å². The van der Waals surface area contributed by atoms with Gasteiger partial charge in [0.2, 0.25) is 0 Å². The molecule has 0 atom stereocenters. The number of thiophene rings is 1. The third-order valence-corrected chi connectivity index (χ3v) is 8.27. The Morgan fingerprint density at radius 2 is 1.69 bits per heavy atom. The highest BCUT2D eigenvalue weighted by atomic mass is 32.1. The summed E-state index contributed by atoms with van der Waals surface area (Å²) in [7, 11) is 0. The Bertz CT molecular complexity index is 1010. The highest BCUT2D eigenvalue weighted by Crippen LogP contribution is 2.52. The van der Waals surface area contributed by atoms with Crippen LogP contribution in [0.2, 0.25) is 0 Å². The molecule has 1 saturated carbocycles. The van der Waals surface area contributed by atoms with Crippen molar-refractivity contribution in [3.63, 3.8) is 0 Å². The van der Waals surface area contributed by atoms with Crippen LogP contribution in [0.15, 0.2) is 24.3 Å². The molecule has 5 nitrogen and oxygen atoms in total. The van der Waals surface area contributed by atoms with Gasteiger partial charge in [0.15, 0.2) is 0 Å². The van der Waals surface area contributed by atoms with Crippen molar-refractivity contribution in [3.05, 3.63) is 45.8 Å². The average molecular weight is 455 g/mol. The lowest BCUT2D eigenvalue weighted by Gasteiger charge is -2.40. The van der Waals surface area contributed by atoms with E-state index in [1.807, 2.05) is 24.3 Å². The van der Waals surface area contributed by atoms with Gasteiger partial charge < -0.3 is 15.7 Å². The number of anilines is 2. The second-order valence-corrected chi connectivity index (χ2v) is 11.9. The molecule has 2 aromatic rings. The maximum absolute atomic E-state index is 13.0. The molecule has 1 fully saturated rings. The lowest BCUT2D eigenvalue weighted by atomic mass is 9.65. The smallest absolute Gasteiger partial charge is 0.339 e. The van der Waals surface area contributed by atoms with Crippen LogP contribution >= 0.6 is 11.3 Å². The Morgan fingerprint density at radius 3 is 2.31 bits per heavy atom. The van der Waals surface area contributed by atoms with Crippen molar-refractivity contribution in [2.75, 3.05) is 10.6 Å². The van der Waals surface area contributed by atoms with Gasteiger partial charge in [0.1, 0.15) is 5.00 Å². The minimum Gasteiger partial charge on any atom is -0.478 e. The largest absolute Gasteiger partial charge is 0.478 e. The third-order valence-electron chi connectivity index (χ3n) is 6.76. The summed E-state index contributed by atoms with van der Waals surface area (Å²) in [5.41, 5.74) is 2.59. The molecular formula is C26H34N2O3S. The standard InChI is InChI=1S/C26H34N2O3S/c1-25(2)14-19-20(24(30)31)23(32-21(19)26(3,4)15-25)28-22(29)16-10-12-18(13-11-16)27-17-8-6-5-7-9-17/h10-13,17,27H,5-9,14-15H2,1-4H3,(H,28,29)(H,30,31). The van der Waals surface area contributed by atoms with Crippen LogP contribution in [-0.4, -0.2) is 23.0 Å². The second kappa shape index (κ2) is 8.54. The van der Waals surface area contributed by atoms with Crippen LogP contribution in [0, 0.1) is 5.41 Å². The fraction of sp³-hybridized carbons (Fsp3) is 0.538.